The van der Waals surface area contributed by atoms with Crippen molar-refractivity contribution in [2.45, 2.75) is 25.1 Å². The number of rotatable bonds is 3. The Labute approximate surface area is 89.1 Å². The maximum Gasteiger partial charge on any atom is 0.389 e. The van der Waals surface area contributed by atoms with Crippen LogP contribution in [-0.2, 0) is 0 Å². The lowest BCUT2D eigenvalue weighted by Gasteiger charge is -2.14. The molecule has 6 heteroatoms. The Balaban J connectivity index is 2.70. The zero-order valence-electron chi connectivity index (χ0n) is 8.19. The van der Waals surface area contributed by atoms with Gasteiger partial charge in [0.05, 0.1) is 0 Å². The second-order valence-electron chi connectivity index (χ2n) is 3.43. The van der Waals surface area contributed by atoms with E-state index in [1.807, 2.05) is 0 Å². The predicted octanol–water partition coefficient (Wildman–Crippen LogP) is 3.31. The molecule has 0 saturated carbocycles. The summed E-state index contributed by atoms with van der Waals surface area (Å²) in [7, 11) is 0. The molecule has 0 aliphatic rings. The molecule has 0 spiro atoms. The Morgan fingerprint density at radius 1 is 1.19 bits per heavy atom. The van der Waals surface area contributed by atoms with Gasteiger partial charge in [-0.1, -0.05) is 6.07 Å². The van der Waals surface area contributed by atoms with E-state index in [4.69, 9.17) is 5.73 Å². The lowest BCUT2D eigenvalue weighted by atomic mass is 10.0. The predicted molar refractivity (Wildman–Crippen MR) is 48.6 cm³/mol. The summed E-state index contributed by atoms with van der Waals surface area (Å²) in [5, 5.41) is 0. The Morgan fingerprint density at radius 3 is 2.31 bits per heavy atom. The van der Waals surface area contributed by atoms with Crippen LogP contribution in [0.3, 0.4) is 0 Å². The zero-order chi connectivity index (χ0) is 12.3. The van der Waals surface area contributed by atoms with Gasteiger partial charge in [-0.2, -0.15) is 13.2 Å². The van der Waals surface area contributed by atoms with E-state index in [0.29, 0.717) is 6.07 Å². The Kier molecular flexibility index (Phi) is 3.85. The summed E-state index contributed by atoms with van der Waals surface area (Å²) in [6.07, 6.45) is -5.84. The molecule has 2 N–H and O–H groups in total. The van der Waals surface area contributed by atoms with E-state index in [9.17, 15) is 22.0 Å². The molecular formula is C10H10F5N. The summed E-state index contributed by atoms with van der Waals surface area (Å²) in [4.78, 5) is 0. The molecule has 1 aromatic carbocycles. The van der Waals surface area contributed by atoms with E-state index < -0.39 is 36.7 Å². The standard InChI is InChI=1S/C10H10F5N/c11-6-1-2-7(8(12)5-6)9(16)3-4-10(13,14)15/h1-2,5,9H,3-4,16H2. The molecular weight excluding hydrogens is 229 g/mol. The molecule has 0 amide bonds. The van der Waals surface area contributed by atoms with Gasteiger partial charge in [0.2, 0.25) is 0 Å². The molecule has 1 nitrogen and oxygen atoms in total. The number of benzene rings is 1. The van der Waals surface area contributed by atoms with Gasteiger partial charge in [0.25, 0.3) is 0 Å². The van der Waals surface area contributed by atoms with Crippen LogP contribution < -0.4 is 5.73 Å². The van der Waals surface area contributed by atoms with Crippen LogP contribution in [0.2, 0.25) is 0 Å². The number of hydrogen-bond acceptors (Lipinski definition) is 1. The van der Waals surface area contributed by atoms with Gasteiger partial charge < -0.3 is 5.73 Å². The van der Waals surface area contributed by atoms with Crippen molar-refractivity contribution in [1.29, 1.82) is 0 Å². The van der Waals surface area contributed by atoms with E-state index in [1.165, 1.54) is 0 Å². The molecule has 1 unspecified atom stereocenters. The van der Waals surface area contributed by atoms with Crippen molar-refractivity contribution in [3.8, 4) is 0 Å². The van der Waals surface area contributed by atoms with Gasteiger partial charge in [0.1, 0.15) is 11.6 Å². The number of nitrogens with two attached hydrogens (primary N) is 1. The quantitative estimate of drug-likeness (QED) is 0.804. The molecule has 1 rings (SSSR count). The van der Waals surface area contributed by atoms with Crippen molar-refractivity contribution < 1.29 is 22.0 Å². The first kappa shape index (κ1) is 12.9. The summed E-state index contributed by atoms with van der Waals surface area (Å²) in [6, 6.07) is 1.54. The van der Waals surface area contributed by atoms with E-state index >= 15 is 0 Å². The minimum absolute atomic E-state index is 0.106. The van der Waals surface area contributed by atoms with Crippen LogP contribution in [-0.4, -0.2) is 6.18 Å². The fourth-order valence-electron chi connectivity index (χ4n) is 1.28. The van der Waals surface area contributed by atoms with Crippen molar-refractivity contribution in [3.63, 3.8) is 0 Å². The summed E-state index contributed by atoms with van der Waals surface area (Å²) in [5.41, 5.74) is 5.28. The number of halogens is 5. The Bertz CT molecular complexity index is 361. The van der Waals surface area contributed by atoms with Crippen molar-refractivity contribution in [2.24, 2.45) is 5.73 Å². The first-order valence-corrected chi connectivity index (χ1v) is 4.57. The van der Waals surface area contributed by atoms with E-state index in [1.54, 1.807) is 0 Å². The molecule has 0 saturated heterocycles. The van der Waals surface area contributed by atoms with Gasteiger partial charge in [-0.25, -0.2) is 8.78 Å². The molecule has 1 atom stereocenters. The SMILES string of the molecule is NC(CCC(F)(F)F)c1ccc(F)cc1F. The van der Waals surface area contributed by atoms with Gasteiger partial charge in [-0.3, -0.25) is 0 Å². The molecule has 1 aromatic rings. The van der Waals surface area contributed by atoms with E-state index in [2.05, 4.69) is 0 Å². The summed E-state index contributed by atoms with van der Waals surface area (Å²) in [6.45, 7) is 0. The second-order valence-corrected chi connectivity index (χ2v) is 3.43. The largest absolute Gasteiger partial charge is 0.389 e. The van der Waals surface area contributed by atoms with Gasteiger partial charge >= 0.3 is 6.18 Å². The highest BCUT2D eigenvalue weighted by molar-refractivity contribution is 5.21. The van der Waals surface area contributed by atoms with Crippen LogP contribution in [0.15, 0.2) is 18.2 Å². The highest BCUT2D eigenvalue weighted by Gasteiger charge is 2.28. The zero-order valence-corrected chi connectivity index (χ0v) is 8.19. The van der Waals surface area contributed by atoms with E-state index in [0.717, 1.165) is 12.1 Å². The van der Waals surface area contributed by atoms with Crippen LogP contribution >= 0.6 is 0 Å². The average molecular weight is 239 g/mol. The number of alkyl halides is 3. The topological polar surface area (TPSA) is 26.0 Å². The maximum absolute atomic E-state index is 13.1. The lowest BCUT2D eigenvalue weighted by Crippen LogP contribution is -2.17. The van der Waals surface area contributed by atoms with Gasteiger partial charge in [0, 0.05) is 24.1 Å². The van der Waals surface area contributed by atoms with Crippen LogP contribution in [0.5, 0.6) is 0 Å². The molecule has 0 heterocycles. The van der Waals surface area contributed by atoms with Gasteiger partial charge in [-0.05, 0) is 12.5 Å². The third kappa shape index (κ3) is 3.77. The Hall–Kier alpha value is -1.17. The van der Waals surface area contributed by atoms with Crippen LogP contribution in [0, 0.1) is 11.6 Å². The van der Waals surface area contributed by atoms with Crippen molar-refractivity contribution in [2.75, 3.05) is 0 Å². The minimum Gasteiger partial charge on any atom is -0.324 e. The van der Waals surface area contributed by atoms with E-state index in [-0.39, 0.29) is 5.56 Å². The fourth-order valence-corrected chi connectivity index (χ4v) is 1.28. The molecule has 16 heavy (non-hydrogen) atoms. The van der Waals surface area contributed by atoms with Crippen molar-refractivity contribution in [3.05, 3.63) is 35.4 Å². The van der Waals surface area contributed by atoms with Crippen molar-refractivity contribution in [1.82, 2.24) is 0 Å². The van der Waals surface area contributed by atoms with Crippen LogP contribution in [0.25, 0.3) is 0 Å². The fraction of sp³-hybridized carbons (Fsp3) is 0.400. The normalized spacial score (nSPS) is 13.9. The third-order valence-electron chi connectivity index (χ3n) is 2.10. The molecule has 0 fully saturated rings. The first-order chi connectivity index (χ1) is 7.29. The highest BCUT2D eigenvalue weighted by Crippen LogP contribution is 2.27. The number of hydrogen-bond donors (Lipinski definition) is 1. The molecule has 90 valence electrons. The second kappa shape index (κ2) is 4.78. The van der Waals surface area contributed by atoms with Gasteiger partial charge in [-0.15, -0.1) is 0 Å². The monoisotopic (exact) mass is 239 g/mol. The summed E-state index contributed by atoms with van der Waals surface area (Å²) in [5.74, 6) is -1.71. The average Bonchev–Trinajstić information content (AvgIpc) is 2.13. The molecule has 0 aliphatic heterocycles. The first-order valence-electron chi connectivity index (χ1n) is 4.57. The van der Waals surface area contributed by atoms with Crippen LogP contribution in [0.4, 0.5) is 22.0 Å². The lowest BCUT2D eigenvalue weighted by molar-refractivity contribution is -0.136. The molecule has 0 aliphatic carbocycles. The summed E-state index contributed by atoms with van der Waals surface area (Å²) >= 11 is 0. The maximum atomic E-state index is 13.1. The molecule has 0 bridgehead atoms. The van der Waals surface area contributed by atoms with Crippen LogP contribution in [0.1, 0.15) is 24.4 Å². The minimum atomic E-state index is -4.33. The summed E-state index contributed by atoms with van der Waals surface area (Å²) < 4.78 is 61.3. The third-order valence-corrected chi connectivity index (χ3v) is 2.10. The smallest absolute Gasteiger partial charge is 0.324 e. The molecule has 0 aromatic heterocycles. The highest BCUT2D eigenvalue weighted by atomic mass is 19.4. The van der Waals surface area contributed by atoms with Crippen molar-refractivity contribution >= 4 is 0 Å². The molecule has 0 radical (unpaired) electrons. The van der Waals surface area contributed by atoms with Gasteiger partial charge in [0.15, 0.2) is 0 Å². The Morgan fingerprint density at radius 2 is 1.81 bits per heavy atom.